The van der Waals surface area contributed by atoms with Crippen LogP contribution in [0.15, 0.2) is 33.7 Å². The van der Waals surface area contributed by atoms with E-state index in [-0.39, 0.29) is 11.4 Å². The van der Waals surface area contributed by atoms with Gasteiger partial charge in [0.1, 0.15) is 11.5 Å². The molecule has 1 fully saturated rings. The summed E-state index contributed by atoms with van der Waals surface area (Å²) in [6, 6.07) is 4.04. The quantitative estimate of drug-likeness (QED) is 0.666. The van der Waals surface area contributed by atoms with E-state index in [1.807, 2.05) is 0 Å². The maximum Gasteiger partial charge on any atom is 0.436 e. The molecule has 1 aliphatic carbocycles. The summed E-state index contributed by atoms with van der Waals surface area (Å²) in [5.41, 5.74) is 0.564. The lowest BCUT2D eigenvalue weighted by Gasteiger charge is -2.15. The van der Waals surface area contributed by atoms with Crippen molar-refractivity contribution in [3.05, 3.63) is 50.9 Å². The number of anilines is 2. The Bertz CT molecular complexity index is 931. The second kappa shape index (κ2) is 8.05. The number of aryl methyl sites for hydroxylation is 1. The first kappa shape index (κ1) is 19.3. The van der Waals surface area contributed by atoms with Crippen LogP contribution in [0.3, 0.4) is 0 Å². The van der Waals surface area contributed by atoms with Gasteiger partial charge in [0.2, 0.25) is 5.82 Å². The number of ether oxygens (including phenoxy) is 1. The van der Waals surface area contributed by atoms with Gasteiger partial charge in [-0.15, -0.1) is 0 Å². The fourth-order valence-corrected chi connectivity index (χ4v) is 2.55. The molecule has 0 radical (unpaired) electrons. The highest BCUT2D eigenvalue weighted by molar-refractivity contribution is 9.10. The Morgan fingerprint density at radius 3 is 2.78 bits per heavy atom. The molecule has 3 rings (SSSR count). The van der Waals surface area contributed by atoms with Crippen LogP contribution in [-0.2, 0) is 11.9 Å². The Morgan fingerprint density at radius 2 is 2.11 bits per heavy atom. The number of hydrogen-bond donors (Lipinski definition) is 2. The molecule has 1 aromatic heterocycles. The molecule has 2 aromatic rings. The number of carbonyl (C=O) groups is 1. The number of halogens is 3. The van der Waals surface area contributed by atoms with Crippen molar-refractivity contribution in [2.24, 2.45) is 13.0 Å². The van der Waals surface area contributed by atoms with Gasteiger partial charge in [-0.3, -0.25) is 9.63 Å². The molecule has 0 bridgehead atoms. The van der Waals surface area contributed by atoms with Crippen molar-refractivity contribution in [1.29, 1.82) is 0 Å². The van der Waals surface area contributed by atoms with E-state index in [0.29, 0.717) is 17.0 Å². The highest BCUT2D eigenvalue weighted by Gasteiger charge is 2.23. The number of nitrogens with one attached hydrogen (secondary N) is 2. The molecule has 2 N–H and O–H groups in total. The molecule has 1 aliphatic rings. The van der Waals surface area contributed by atoms with Crippen LogP contribution in [0.4, 0.5) is 25.0 Å². The molecule has 1 aromatic carbocycles. The third-order valence-corrected chi connectivity index (χ3v) is 4.34. The number of aromatic nitrogens is 1. The minimum absolute atomic E-state index is 0.0967. The van der Waals surface area contributed by atoms with Gasteiger partial charge in [-0.1, -0.05) is 15.9 Å². The van der Waals surface area contributed by atoms with Gasteiger partial charge in [-0.25, -0.2) is 9.18 Å². The average molecular weight is 444 g/mol. The highest BCUT2D eigenvalue weighted by Crippen LogP contribution is 2.31. The monoisotopic (exact) mass is 443 g/mol. The zero-order valence-corrected chi connectivity index (χ0v) is 15.8. The van der Waals surface area contributed by atoms with E-state index in [9.17, 15) is 18.4 Å². The van der Waals surface area contributed by atoms with Crippen LogP contribution in [-0.4, -0.2) is 17.3 Å². The van der Waals surface area contributed by atoms with Crippen molar-refractivity contribution in [2.45, 2.75) is 12.8 Å². The summed E-state index contributed by atoms with van der Waals surface area (Å²) in [6.07, 6.45) is 2.20. The molecule has 27 heavy (non-hydrogen) atoms. The molecule has 0 saturated heterocycles. The summed E-state index contributed by atoms with van der Waals surface area (Å²) in [5.74, 6) is -1.79. The Labute approximate surface area is 161 Å². The highest BCUT2D eigenvalue weighted by atomic mass is 79.9. The van der Waals surface area contributed by atoms with Gasteiger partial charge in [0.05, 0.1) is 18.5 Å². The van der Waals surface area contributed by atoms with Crippen LogP contribution in [0, 0.1) is 17.6 Å². The number of benzene rings is 1. The van der Waals surface area contributed by atoms with Crippen LogP contribution >= 0.6 is 15.9 Å². The second-order valence-corrected chi connectivity index (χ2v) is 7.01. The molecule has 0 spiro atoms. The van der Waals surface area contributed by atoms with Crippen LogP contribution in [0.5, 0.6) is 5.75 Å². The number of nitrogens with zero attached hydrogens (tertiary/aromatic N) is 1. The van der Waals surface area contributed by atoms with Crippen molar-refractivity contribution in [3.8, 4) is 5.75 Å². The summed E-state index contributed by atoms with van der Waals surface area (Å²) < 4.78 is 34.9. The summed E-state index contributed by atoms with van der Waals surface area (Å²) in [4.78, 5) is 28.7. The predicted octanol–water partition coefficient (Wildman–Crippen LogP) is 3.60. The zero-order valence-electron chi connectivity index (χ0n) is 14.2. The van der Waals surface area contributed by atoms with Gasteiger partial charge in [-0.2, -0.15) is 9.87 Å². The van der Waals surface area contributed by atoms with Crippen LogP contribution in [0.25, 0.3) is 0 Å². The average Bonchev–Trinajstić information content (AvgIpc) is 3.42. The minimum atomic E-state index is -1.22. The Hall–Kier alpha value is -2.46. The topological polar surface area (TPSA) is 81.6 Å². The van der Waals surface area contributed by atoms with Gasteiger partial charge < -0.3 is 14.6 Å². The maximum atomic E-state index is 14.5. The lowest BCUT2D eigenvalue weighted by Crippen LogP contribution is -2.29. The first-order valence-corrected chi connectivity index (χ1v) is 8.85. The summed E-state index contributed by atoms with van der Waals surface area (Å²) >= 11 is 3.12. The molecule has 1 saturated carbocycles. The second-order valence-electron chi connectivity index (χ2n) is 6.09. The molecule has 0 atom stereocenters. The van der Waals surface area contributed by atoms with E-state index in [2.05, 4.69) is 26.7 Å². The first-order chi connectivity index (χ1) is 12.8. The summed E-state index contributed by atoms with van der Waals surface area (Å²) in [5, 5.41) is 2.46. The molecule has 1 amide bonds. The third kappa shape index (κ3) is 4.83. The van der Waals surface area contributed by atoms with Gasteiger partial charge in [0, 0.05) is 11.5 Å². The lowest BCUT2D eigenvalue weighted by molar-refractivity contribution is 0.0391. The standard InChI is InChI=1S/C17H16BrF2N3O4/c1-23-7-13(27-17(25)22-26-8-9-2-3-9)15(14(20)16(23)24)21-12-5-4-10(18)6-11(12)19/h4-7,9,21H,2-3,8H2,1H3,(H,22,25). The number of hydrogen-bond acceptors (Lipinski definition) is 5. The summed E-state index contributed by atoms with van der Waals surface area (Å²) in [7, 11) is 1.30. The molecule has 1 heterocycles. The minimum Gasteiger partial charge on any atom is -0.405 e. The number of rotatable bonds is 6. The van der Waals surface area contributed by atoms with E-state index in [0.717, 1.165) is 23.6 Å². The first-order valence-electron chi connectivity index (χ1n) is 8.06. The van der Waals surface area contributed by atoms with Gasteiger partial charge in [-0.05, 0) is 37.0 Å². The van der Waals surface area contributed by atoms with Crippen molar-refractivity contribution in [2.75, 3.05) is 11.9 Å². The van der Waals surface area contributed by atoms with Gasteiger partial charge in [0.25, 0.3) is 5.56 Å². The maximum absolute atomic E-state index is 14.5. The Morgan fingerprint density at radius 1 is 1.37 bits per heavy atom. The van der Waals surface area contributed by atoms with Gasteiger partial charge >= 0.3 is 6.09 Å². The third-order valence-electron chi connectivity index (χ3n) is 3.85. The molecule has 10 heteroatoms. The van der Waals surface area contributed by atoms with E-state index >= 15 is 0 Å². The Kier molecular flexibility index (Phi) is 5.76. The van der Waals surface area contributed by atoms with E-state index in [1.165, 1.54) is 25.2 Å². The van der Waals surface area contributed by atoms with Crippen molar-refractivity contribution in [3.63, 3.8) is 0 Å². The zero-order chi connectivity index (χ0) is 19.6. The van der Waals surface area contributed by atoms with E-state index < -0.39 is 29.0 Å². The number of hydroxylamine groups is 1. The van der Waals surface area contributed by atoms with Crippen molar-refractivity contribution < 1.29 is 23.1 Å². The predicted molar refractivity (Wildman–Crippen MR) is 96.9 cm³/mol. The SMILES string of the molecule is Cn1cc(OC(=O)NOCC2CC2)c(Nc2ccc(Br)cc2F)c(F)c1=O. The number of pyridine rings is 1. The van der Waals surface area contributed by atoms with Crippen LogP contribution < -0.4 is 21.1 Å². The molecular weight excluding hydrogens is 428 g/mol. The smallest absolute Gasteiger partial charge is 0.405 e. The van der Waals surface area contributed by atoms with Crippen molar-refractivity contribution >= 4 is 33.4 Å². The van der Waals surface area contributed by atoms with E-state index in [1.54, 1.807) is 0 Å². The lowest BCUT2D eigenvalue weighted by atomic mass is 10.2. The van der Waals surface area contributed by atoms with Crippen molar-refractivity contribution in [1.82, 2.24) is 10.0 Å². The largest absolute Gasteiger partial charge is 0.436 e. The molecule has 7 nitrogen and oxygen atoms in total. The fraction of sp³-hybridized carbons (Fsp3) is 0.294. The molecule has 0 unspecified atom stereocenters. The van der Waals surface area contributed by atoms with E-state index in [4.69, 9.17) is 9.57 Å². The number of carbonyl (C=O) groups excluding carboxylic acids is 1. The van der Waals surface area contributed by atoms with Crippen LogP contribution in [0.2, 0.25) is 0 Å². The normalized spacial score (nSPS) is 13.3. The van der Waals surface area contributed by atoms with Crippen LogP contribution in [0.1, 0.15) is 12.8 Å². The number of amides is 1. The molecule has 0 aliphatic heterocycles. The Balaban J connectivity index is 1.83. The molecule has 144 valence electrons. The fourth-order valence-electron chi connectivity index (χ4n) is 2.21. The van der Waals surface area contributed by atoms with Gasteiger partial charge in [0.15, 0.2) is 5.75 Å². The summed E-state index contributed by atoms with van der Waals surface area (Å²) in [6.45, 7) is 0.353. The molecular formula is C17H16BrF2N3O4.